The van der Waals surface area contributed by atoms with E-state index in [1.807, 2.05) is 17.1 Å². The first-order valence-electron chi connectivity index (χ1n) is 9.31. The van der Waals surface area contributed by atoms with Crippen LogP contribution in [0.2, 0.25) is 0 Å². The lowest BCUT2D eigenvalue weighted by molar-refractivity contribution is 0.0471. The van der Waals surface area contributed by atoms with E-state index in [4.69, 9.17) is 15.7 Å². The van der Waals surface area contributed by atoms with Crippen molar-refractivity contribution in [3.63, 3.8) is 0 Å². The van der Waals surface area contributed by atoms with E-state index in [2.05, 4.69) is 6.07 Å². The SMILES string of the molecule is Cn1c(N)c(C(=O)COC(=O)c2ccccc2SCc2ccc(C#N)cc2)c(=O)[nH]c1=O. The van der Waals surface area contributed by atoms with Gasteiger partial charge < -0.3 is 10.5 Å². The first-order valence-corrected chi connectivity index (χ1v) is 10.3. The van der Waals surface area contributed by atoms with Crippen LogP contribution < -0.4 is 17.0 Å². The molecule has 0 radical (unpaired) electrons. The van der Waals surface area contributed by atoms with Crippen molar-refractivity contribution in [2.75, 3.05) is 12.3 Å². The van der Waals surface area contributed by atoms with Gasteiger partial charge in [0.05, 0.1) is 17.2 Å². The van der Waals surface area contributed by atoms with Crippen molar-refractivity contribution in [2.45, 2.75) is 10.6 Å². The quantitative estimate of drug-likeness (QED) is 0.315. The van der Waals surface area contributed by atoms with Crippen molar-refractivity contribution in [3.05, 3.63) is 91.6 Å². The minimum Gasteiger partial charge on any atom is -0.454 e. The predicted octanol–water partition coefficient (Wildman–Crippen LogP) is 1.86. The van der Waals surface area contributed by atoms with Crippen LogP contribution in [0.1, 0.15) is 31.8 Å². The Bertz CT molecular complexity index is 1340. The zero-order chi connectivity index (χ0) is 23.3. The molecule has 0 aliphatic carbocycles. The van der Waals surface area contributed by atoms with Crippen LogP contribution in [0.5, 0.6) is 0 Å². The van der Waals surface area contributed by atoms with Crippen molar-refractivity contribution in [1.29, 1.82) is 5.26 Å². The van der Waals surface area contributed by atoms with Crippen LogP contribution in [0.4, 0.5) is 5.82 Å². The Morgan fingerprint density at radius 1 is 1.16 bits per heavy atom. The molecule has 10 heteroatoms. The van der Waals surface area contributed by atoms with Crippen LogP contribution in [0, 0.1) is 11.3 Å². The summed E-state index contributed by atoms with van der Waals surface area (Å²) in [5.41, 5.74) is 5.36. The Kier molecular flexibility index (Phi) is 6.92. The molecule has 0 atom stereocenters. The van der Waals surface area contributed by atoms with Gasteiger partial charge in [-0.2, -0.15) is 5.26 Å². The Morgan fingerprint density at radius 2 is 1.84 bits per heavy atom. The molecule has 1 heterocycles. The van der Waals surface area contributed by atoms with Gasteiger partial charge in [0, 0.05) is 17.7 Å². The lowest BCUT2D eigenvalue weighted by atomic mass is 10.2. The number of carbonyl (C=O) groups is 2. The highest BCUT2D eigenvalue weighted by molar-refractivity contribution is 7.98. The van der Waals surface area contributed by atoms with Crippen LogP contribution in [-0.2, 0) is 17.5 Å². The number of nitrogen functional groups attached to an aromatic ring is 1. The molecule has 162 valence electrons. The number of rotatable bonds is 7. The third kappa shape index (κ3) is 4.96. The summed E-state index contributed by atoms with van der Waals surface area (Å²) in [5.74, 6) is -1.31. The fraction of sp³-hybridized carbons (Fsp3) is 0.136. The summed E-state index contributed by atoms with van der Waals surface area (Å²) in [6, 6.07) is 15.9. The van der Waals surface area contributed by atoms with E-state index in [1.54, 1.807) is 36.4 Å². The number of H-pyrrole nitrogens is 1. The lowest BCUT2D eigenvalue weighted by Gasteiger charge is -2.10. The molecule has 0 unspecified atom stereocenters. The molecule has 0 fully saturated rings. The topological polar surface area (TPSA) is 148 Å². The summed E-state index contributed by atoms with van der Waals surface area (Å²) in [4.78, 5) is 51.1. The average Bonchev–Trinajstić information content (AvgIpc) is 2.80. The summed E-state index contributed by atoms with van der Waals surface area (Å²) in [6.45, 7) is -0.709. The highest BCUT2D eigenvalue weighted by Crippen LogP contribution is 2.27. The number of ketones is 1. The first kappa shape index (κ1) is 22.6. The van der Waals surface area contributed by atoms with Crippen molar-refractivity contribution < 1.29 is 14.3 Å². The Balaban J connectivity index is 1.70. The van der Waals surface area contributed by atoms with Gasteiger partial charge in [-0.25, -0.2) is 9.59 Å². The minimum absolute atomic E-state index is 0.265. The maximum absolute atomic E-state index is 12.6. The van der Waals surface area contributed by atoms with Gasteiger partial charge in [-0.15, -0.1) is 11.8 Å². The summed E-state index contributed by atoms with van der Waals surface area (Å²) in [7, 11) is 1.30. The standard InChI is InChI=1S/C22H18N4O5S/c1-26-19(24)18(20(28)25-22(26)30)16(27)11-31-21(29)15-4-2-3-5-17(15)32-12-14-8-6-13(10-23)7-9-14/h2-9H,11-12,24H2,1H3,(H,25,28,30). The van der Waals surface area contributed by atoms with E-state index in [-0.39, 0.29) is 11.4 Å². The molecule has 0 amide bonds. The van der Waals surface area contributed by atoms with Gasteiger partial charge in [-0.05, 0) is 29.8 Å². The summed E-state index contributed by atoms with van der Waals surface area (Å²) in [6.07, 6.45) is 0. The van der Waals surface area contributed by atoms with Crippen LogP contribution >= 0.6 is 11.8 Å². The smallest absolute Gasteiger partial charge is 0.339 e. The van der Waals surface area contributed by atoms with Crippen molar-refractivity contribution in [1.82, 2.24) is 9.55 Å². The monoisotopic (exact) mass is 450 g/mol. The van der Waals surface area contributed by atoms with Crippen LogP contribution in [0.25, 0.3) is 0 Å². The van der Waals surface area contributed by atoms with E-state index in [0.717, 1.165) is 10.1 Å². The largest absolute Gasteiger partial charge is 0.454 e. The van der Waals surface area contributed by atoms with Crippen LogP contribution in [-0.4, -0.2) is 27.9 Å². The number of nitrogens with one attached hydrogen (secondary N) is 1. The molecule has 1 aromatic heterocycles. The molecule has 3 N–H and O–H groups in total. The number of aromatic nitrogens is 2. The number of Topliss-reactive ketones (excluding diaryl/α,β-unsaturated/α-hetero) is 1. The van der Waals surface area contributed by atoms with Gasteiger partial charge in [0.25, 0.3) is 5.56 Å². The zero-order valence-electron chi connectivity index (χ0n) is 17.0. The van der Waals surface area contributed by atoms with Crippen LogP contribution in [0.3, 0.4) is 0 Å². The molecule has 0 aliphatic rings. The van der Waals surface area contributed by atoms with Gasteiger partial charge in [-0.3, -0.25) is 19.1 Å². The first-order chi connectivity index (χ1) is 15.3. The number of benzene rings is 2. The van der Waals surface area contributed by atoms with Crippen molar-refractivity contribution in [2.24, 2.45) is 7.05 Å². The summed E-state index contributed by atoms with van der Waals surface area (Å²) < 4.78 is 6.04. The number of nitriles is 1. The summed E-state index contributed by atoms with van der Waals surface area (Å²) >= 11 is 1.40. The summed E-state index contributed by atoms with van der Waals surface area (Å²) in [5, 5.41) is 8.88. The second-order valence-corrected chi connectivity index (χ2v) is 7.69. The van der Waals surface area contributed by atoms with E-state index in [9.17, 15) is 19.2 Å². The Labute approximate surface area is 186 Å². The molecule has 3 aromatic rings. The lowest BCUT2D eigenvalue weighted by Crippen LogP contribution is -2.35. The third-order valence-corrected chi connectivity index (χ3v) is 5.71. The maximum atomic E-state index is 12.6. The number of thioether (sulfide) groups is 1. The second-order valence-electron chi connectivity index (χ2n) is 6.67. The Morgan fingerprint density at radius 3 is 2.53 bits per heavy atom. The van der Waals surface area contributed by atoms with E-state index in [0.29, 0.717) is 16.2 Å². The van der Waals surface area contributed by atoms with Crippen molar-refractivity contribution in [3.8, 4) is 6.07 Å². The highest BCUT2D eigenvalue weighted by atomic mass is 32.2. The van der Waals surface area contributed by atoms with Crippen LogP contribution in [0.15, 0.2) is 63.0 Å². The molecule has 0 aliphatic heterocycles. The Hall–Kier alpha value is -4.10. The zero-order valence-corrected chi connectivity index (χ0v) is 17.8. The maximum Gasteiger partial charge on any atom is 0.339 e. The number of ether oxygens (including phenoxy) is 1. The van der Waals surface area contributed by atoms with Gasteiger partial charge in [-0.1, -0.05) is 24.3 Å². The van der Waals surface area contributed by atoms with E-state index >= 15 is 0 Å². The molecular formula is C22H18N4O5S. The van der Waals surface area contributed by atoms with E-state index in [1.165, 1.54) is 18.8 Å². The molecule has 0 saturated heterocycles. The van der Waals surface area contributed by atoms with E-state index < -0.39 is 35.2 Å². The number of hydrogen-bond acceptors (Lipinski definition) is 8. The number of nitrogens with zero attached hydrogens (tertiary/aromatic N) is 2. The number of nitrogens with two attached hydrogens (primary N) is 1. The normalized spacial score (nSPS) is 10.4. The number of hydrogen-bond donors (Lipinski definition) is 2. The molecule has 0 spiro atoms. The second kappa shape index (κ2) is 9.80. The van der Waals surface area contributed by atoms with Gasteiger partial charge >= 0.3 is 11.7 Å². The fourth-order valence-corrected chi connectivity index (χ4v) is 3.78. The predicted molar refractivity (Wildman–Crippen MR) is 118 cm³/mol. The number of aromatic amines is 1. The highest BCUT2D eigenvalue weighted by Gasteiger charge is 2.21. The molecule has 32 heavy (non-hydrogen) atoms. The molecule has 2 aromatic carbocycles. The minimum atomic E-state index is -0.940. The average molecular weight is 450 g/mol. The molecule has 3 rings (SSSR count). The molecular weight excluding hydrogens is 432 g/mol. The molecule has 0 bridgehead atoms. The number of anilines is 1. The number of esters is 1. The number of carbonyl (C=O) groups excluding carboxylic acids is 2. The fourth-order valence-electron chi connectivity index (χ4n) is 2.79. The van der Waals surface area contributed by atoms with Gasteiger partial charge in [0.1, 0.15) is 11.4 Å². The molecule has 0 saturated carbocycles. The molecule has 9 nitrogen and oxygen atoms in total. The van der Waals surface area contributed by atoms with Crippen molar-refractivity contribution >= 4 is 29.3 Å². The third-order valence-electron chi connectivity index (χ3n) is 4.57. The van der Waals surface area contributed by atoms with Gasteiger partial charge in [0.15, 0.2) is 6.61 Å². The van der Waals surface area contributed by atoms with Gasteiger partial charge in [0.2, 0.25) is 5.78 Å².